The van der Waals surface area contributed by atoms with Crippen LogP contribution in [0.4, 0.5) is 4.39 Å². The van der Waals surface area contributed by atoms with Crippen molar-refractivity contribution in [2.45, 2.75) is 13.1 Å². The van der Waals surface area contributed by atoms with E-state index in [9.17, 15) is 14.4 Å². The molecule has 0 aliphatic carbocycles. The number of nitrogens with zero attached hydrogens (tertiary/aromatic N) is 2. The molecule has 1 heterocycles. The van der Waals surface area contributed by atoms with Crippen molar-refractivity contribution in [1.82, 2.24) is 9.88 Å². The molecule has 2 N–H and O–H groups in total. The lowest BCUT2D eigenvalue weighted by atomic mass is 9.77. The van der Waals surface area contributed by atoms with Crippen molar-refractivity contribution in [1.29, 1.82) is 0 Å². The molecule has 0 fully saturated rings. The van der Waals surface area contributed by atoms with Crippen LogP contribution in [0.15, 0.2) is 29.1 Å². The summed E-state index contributed by atoms with van der Waals surface area (Å²) in [5.74, 6) is -0.478. The Hall–Kier alpha value is -1.28. The predicted molar refractivity (Wildman–Crippen MR) is 73.5 cm³/mol. The van der Waals surface area contributed by atoms with E-state index in [1.54, 1.807) is 11.6 Å². The zero-order valence-electron chi connectivity index (χ0n) is 10.5. The topological polar surface area (TPSA) is 56.6 Å². The molecule has 1 aromatic heterocycles. The molecule has 0 aliphatic heterocycles. The summed E-state index contributed by atoms with van der Waals surface area (Å²) < 4.78 is 13.1. The molecule has 0 unspecified atom stereocenters. The van der Waals surface area contributed by atoms with Crippen molar-refractivity contribution < 1.29 is 14.4 Å². The molecule has 0 saturated carbocycles. The van der Waals surface area contributed by atoms with Crippen molar-refractivity contribution >= 4 is 23.9 Å². The molecular formula is C12H14BFN2O2S. The molecule has 2 aromatic rings. The quantitative estimate of drug-likeness (QED) is 0.787. The average molecular weight is 280 g/mol. The summed E-state index contributed by atoms with van der Waals surface area (Å²) in [5, 5.41) is 20.5. The van der Waals surface area contributed by atoms with Crippen LogP contribution in [0.25, 0.3) is 0 Å². The SMILES string of the molecule is CN(Cc1cscn1)Cc1ccc(F)cc1B(O)O. The van der Waals surface area contributed by atoms with E-state index in [-0.39, 0.29) is 5.46 Å². The minimum Gasteiger partial charge on any atom is -0.423 e. The summed E-state index contributed by atoms with van der Waals surface area (Å²) in [6, 6.07) is 4.04. The van der Waals surface area contributed by atoms with Gasteiger partial charge in [-0.15, -0.1) is 11.3 Å². The van der Waals surface area contributed by atoms with E-state index < -0.39 is 12.9 Å². The van der Waals surface area contributed by atoms with Gasteiger partial charge in [-0.05, 0) is 30.2 Å². The van der Waals surface area contributed by atoms with Crippen LogP contribution in [0, 0.1) is 5.82 Å². The monoisotopic (exact) mass is 280 g/mol. The molecule has 0 atom stereocenters. The number of rotatable bonds is 5. The molecule has 7 heteroatoms. The van der Waals surface area contributed by atoms with Crippen LogP contribution >= 0.6 is 11.3 Å². The van der Waals surface area contributed by atoms with Crippen molar-refractivity contribution in [2.24, 2.45) is 0 Å². The van der Waals surface area contributed by atoms with Crippen molar-refractivity contribution in [2.75, 3.05) is 7.05 Å². The highest BCUT2D eigenvalue weighted by molar-refractivity contribution is 7.07. The highest BCUT2D eigenvalue weighted by Crippen LogP contribution is 2.09. The van der Waals surface area contributed by atoms with Crippen molar-refractivity contribution in [3.8, 4) is 0 Å². The summed E-state index contributed by atoms with van der Waals surface area (Å²) >= 11 is 1.53. The first-order chi connectivity index (χ1) is 9.06. The van der Waals surface area contributed by atoms with Gasteiger partial charge in [-0.25, -0.2) is 9.37 Å². The van der Waals surface area contributed by atoms with Crippen LogP contribution < -0.4 is 5.46 Å². The van der Waals surface area contributed by atoms with Crippen LogP contribution in [-0.2, 0) is 13.1 Å². The summed E-state index contributed by atoms with van der Waals surface area (Å²) in [4.78, 5) is 6.17. The molecule has 4 nitrogen and oxygen atoms in total. The van der Waals surface area contributed by atoms with E-state index >= 15 is 0 Å². The van der Waals surface area contributed by atoms with Crippen LogP contribution in [0.5, 0.6) is 0 Å². The molecule has 0 spiro atoms. The maximum atomic E-state index is 13.1. The average Bonchev–Trinajstić information content (AvgIpc) is 2.83. The van der Waals surface area contributed by atoms with Gasteiger partial charge >= 0.3 is 7.12 Å². The molecule has 0 amide bonds. The molecule has 2 rings (SSSR count). The lowest BCUT2D eigenvalue weighted by molar-refractivity contribution is 0.315. The third-order valence-corrected chi connectivity index (χ3v) is 3.38. The number of aromatic nitrogens is 1. The Balaban J connectivity index is 2.10. The highest BCUT2D eigenvalue weighted by atomic mass is 32.1. The largest absolute Gasteiger partial charge is 0.488 e. The number of hydrogen-bond donors (Lipinski definition) is 2. The Morgan fingerprint density at radius 3 is 2.79 bits per heavy atom. The first-order valence-electron chi connectivity index (χ1n) is 5.76. The molecule has 0 saturated heterocycles. The lowest BCUT2D eigenvalue weighted by Gasteiger charge is -2.17. The Labute approximate surface area is 115 Å². The number of benzene rings is 1. The van der Waals surface area contributed by atoms with Gasteiger partial charge in [-0.2, -0.15) is 0 Å². The van der Waals surface area contributed by atoms with E-state index in [0.717, 1.165) is 11.8 Å². The third kappa shape index (κ3) is 3.84. The third-order valence-electron chi connectivity index (χ3n) is 2.74. The van der Waals surface area contributed by atoms with Gasteiger partial charge in [0.25, 0.3) is 0 Å². The van der Waals surface area contributed by atoms with Crippen LogP contribution in [0.1, 0.15) is 11.3 Å². The summed E-state index contributed by atoms with van der Waals surface area (Å²) in [6.07, 6.45) is 0. The second kappa shape index (κ2) is 6.25. The predicted octanol–water partition coefficient (Wildman–Crippen LogP) is 0.594. The Morgan fingerprint density at radius 1 is 1.37 bits per heavy atom. The number of hydrogen-bond acceptors (Lipinski definition) is 5. The van der Waals surface area contributed by atoms with Crippen LogP contribution in [-0.4, -0.2) is 34.1 Å². The van der Waals surface area contributed by atoms with E-state index in [4.69, 9.17) is 0 Å². The van der Waals surface area contributed by atoms with Gasteiger partial charge in [0, 0.05) is 18.5 Å². The zero-order valence-corrected chi connectivity index (χ0v) is 11.3. The maximum absolute atomic E-state index is 13.1. The van der Waals surface area contributed by atoms with E-state index in [1.165, 1.54) is 17.4 Å². The highest BCUT2D eigenvalue weighted by Gasteiger charge is 2.17. The maximum Gasteiger partial charge on any atom is 0.488 e. The van der Waals surface area contributed by atoms with Gasteiger partial charge in [0.2, 0.25) is 0 Å². The second-order valence-corrected chi connectivity index (χ2v) is 5.09. The van der Waals surface area contributed by atoms with Gasteiger partial charge in [0.15, 0.2) is 0 Å². The van der Waals surface area contributed by atoms with Crippen molar-refractivity contribution in [3.63, 3.8) is 0 Å². The smallest absolute Gasteiger partial charge is 0.423 e. The van der Waals surface area contributed by atoms with Crippen LogP contribution in [0.3, 0.4) is 0 Å². The van der Waals surface area contributed by atoms with Gasteiger partial charge in [-0.1, -0.05) is 6.07 Å². The zero-order chi connectivity index (χ0) is 13.8. The molecule has 0 radical (unpaired) electrons. The Kier molecular flexibility index (Phi) is 4.65. The molecule has 1 aromatic carbocycles. The van der Waals surface area contributed by atoms with Gasteiger partial charge in [0.1, 0.15) is 5.82 Å². The lowest BCUT2D eigenvalue weighted by Crippen LogP contribution is -2.35. The fraction of sp³-hybridized carbons (Fsp3) is 0.250. The minimum atomic E-state index is -1.67. The molecule has 0 aliphatic rings. The van der Waals surface area contributed by atoms with E-state index in [2.05, 4.69) is 4.98 Å². The normalized spacial score (nSPS) is 11.0. The van der Waals surface area contributed by atoms with Gasteiger partial charge in [-0.3, -0.25) is 4.90 Å². The first-order valence-corrected chi connectivity index (χ1v) is 6.70. The molecule has 100 valence electrons. The van der Waals surface area contributed by atoms with E-state index in [0.29, 0.717) is 18.7 Å². The molecule has 19 heavy (non-hydrogen) atoms. The van der Waals surface area contributed by atoms with Crippen LogP contribution in [0.2, 0.25) is 0 Å². The fourth-order valence-electron chi connectivity index (χ4n) is 1.89. The first kappa shape index (κ1) is 14.1. The number of halogens is 1. The summed E-state index contributed by atoms with van der Waals surface area (Å²) in [6.45, 7) is 1.15. The second-order valence-electron chi connectivity index (χ2n) is 4.37. The molecule has 0 bridgehead atoms. The van der Waals surface area contributed by atoms with Crippen molar-refractivity contribution in [3.05, 3.63) is 46.2 Å². The molecular weight excluding hydrogens is 266 g/mol. The fourth-order valence-corrected chi connectivity index (χ4v) is 2.44. The minimum absolute atomic E-state index is 0.199. The van der Waals surface area contributed by atoms with Gasteiger partial charge < -0.3 is 10.0 Å². The van der Waals surface area contributed by atoms with Gasteiger partial charge in [0.05, 0.1) is 11.2 Å². The standard InChI is InChI=1S/C12H14BFN2O2S/c1-16(6-11-7-19-8-15-11)5-9-2-3-10(14)4-12(9)13(17)18/h2-4,7-8,17-18H,5-6H2,1H3. The summed E-state index contributed by atoms with van der Waals surface area (Å²) in [7, 11) is 0.231. The van der Waals surface area contributed by atoms with E-state index in [1.807, 2.05) is 17.3 Å². The summed E-state index contributed by atoms with van der Waals surface area (Å²) in [5.41, 5.74) is 3.62. The Morgan fingerprint density at radius 2 is 2.16 bits per heavy atom. The Bertz CT molecular complexity index is 537. The number of thiazole rings is 1.